The Morgan fingerprint density at radius 3 is 2.41 bits per heavy atom. The molecule has 0 fully saturated rings. The van der Waals surface area contributed by atoms with Crippen molar-refractivity contribution >= 4 is 5.91 Å². The number of benzene rings is 2. The lowest BCUT2D eigenvalue weighted by Crippen LogP contribution is -2.11. The summed E-state index contributed by atoms with van der Waals surface area (Å²) in [5.74, 6) is -0.476. The van der Waals surface area contributed by atoms with Crippen molar-refractivity contribution in [1.82, 2.24) is 9.78 Å². The molecule has 22 heavy (non-hydrogen) atoms. The van der Waals surface area contributed by atoms with Crippen molar-refractivity contribution in [3.05, 3.63) is 71.4 Å². The van der Waals surface area contributed by atoms with Crippen LogP contribution in [-0.4, -0.2) is 15.7 Å². The summed E-state index contributed by atoms with van der Waals surface area (Å²) in [7, 11) is 0. The van der Waals surface area contributed by atoms with Crippen LogP contribution < -0.4 is 5.73 Å². The predicted octanol–water partition coefficient (Wildman–Crippen LogP) is 3.26. The lowest BCUT2D eigenvalue weighted by Gasteiger charge is -2.04. The molecule has 2 N–H and O–H groups in total. The second kappa shape index (κ2) is 5.48. The van der Waals surface area contributed by atoms with Gasteiger partial charge in [0.05, 0.1) is 11.3 Å². The third-order valence-corrected chi connectivity index (χ3v) is 3.78. The summed E-state index contributed by atoms with van der Waals surface area (Å²) in [5, 5.41) is 4.56. The van der Waals surface area contributed by atoms with E-state index in [1.165, 1.54) is 5.56 Å². The number of hydrogen-bond acceptors (Lipinski definition) is 2. The van der Waals surface area contributed by atoms with Crippen LogP contribution in [-0.2, 0) is 0 Å². The molecule has 4 nitrogen and oxygen atoms in total. The van der Waals surface area contributed by atoms with Crippen molar-refractivity contribution in [2.24, 2.45) is 5.73 Å². The van der Waals surface area contributed by atoms with Crippen molar-refractivity contribution < 1.29 is 4.79 Å². The normalized spacial score (nSPS) is 10.6. The number of aryl methyl sites for hydroxylation is 2. The van der Waals surface area contributed by atoms with Gasteiger partial charge >= 0.3 is 0 Å². The van der Waals surface area contributed by atoms with Crippen LogP contribution in [0.2, 0.25) is 0 Å². The molecule has 110 valence electrons. The Morgan fingerprint density at radius 1 is 1.05 bits per heavy atom. The highest BCUT2D eigenvalue weighted by Gasteiger charge is 2.16. The number of aromatic nitrogens is 2. The summed E-state index contributed by atoms with van der Waals surface area (Å²) in [6.45, 7) is 4.09. The molecule has 4 heteroatoms. The molecule has 2 aromatic carbocycles. The highest BCUT2D eigenvalue weighted by molar-refractivity contribution is 5.98. The van der Waals surface area contributed by atoms with Crippen LogP contribution in [0, 0.1) is 13.8 Å². The van der Waals surface area contributed by atoms with Gasteiger partial charge in [-0.1, -0.05) is 30.3 Å². The summed E-state index contributed by atoms with van der Waals surface area (Å²) >= 11 is 0. The van der Waals surface area contributed by atoms with Gasteiger partial charge < -0.3 is 5.73 Å². The minimum atomic E-state index is -0.476. The standard InChI is InChI=1S/C18H17N3O/c1-12-8-9-14(10-13(12)2)17-16(18(19)22)11-21(20-17)15-6-4-3-5-7-15/h3-11H,1-2H3,(H2,19,22). The highest BCUT2D eigenvalue weighted by Crippen LogP contribution is 2.25. The van der Waals surface area contributed by atoms with E-state index in [2.05, 4.69) is 12.0 Å². The van der Waals surface area contributed by atoms with Gasteiger partial charge in [0, 0.05) is 11.8 Å². The summed E-state index contributed by atoms with van der Waals surface area (Å²) < 4.78 is 1.69. The van der Waals surface area contributed by atoms with Crippen molar-refractivity contribution in [2.45, 2.75) is 13.8 Å². The molecule has 1 amide bonds. The molecule has 1 aromatic heterocycles. The largest absolute Gasteiger partial charge is 0.365 e. The van der Waals surface area contributed by atoms with E-state index < -0.39 is 5.91 Å². The second-order valence-electron chi connectivity index (χ2n) is 5.33. The average molecular weight is 291 g/mol. The molecule has 0 saturated carbocycles. The molecule has 0 aliphatic heterocycles. The molecule has 0 bridgehead atoms. The summed E-state index contributed by atoms with van der Waals surface area (Å²) in [6, 6.07) is 15.7. The summed E-state index contributed by atoms with van der Waals surface area (Å²) in [4.78, 5) is 11.8. The van der Waals surface area contributed by atoms with E-state index >= 15 is 0 Å². The Morgan fingerprint density at radius 2 is 1.77 bits per heavy atom. The van der Waals surface area contributed by atoms with Gasteiger partial charge in [-0.15, -0.1) is 0 Å². The number of amides is 1. The number of para-hydroxylation sites is 1. The number of nitrogens with two attached hydrogens (primary N) is 1. The third kappa shape index (κ3) is 2.51. The van der Waals surface area contributed by atoms with Gasteiger partial charge in [0.1, 0.15) is 5.69 Å². The molecule has 0 unspecified atom stereocenters. The van der Waals surface area contributed by atoms with Gasteiger partial charge in [0.15, 0.2) is 0 Å². The van der Waals surface area contributed by atoms with Crippen LogP contribution in [0.4, 0.5) is 0 Å². The van der Waals surface area contributed by atoms with E-state index in [1.54, 1.807) is 10.9 Å². The molecule has 3 aromatic rings. The van der Waals surface area contributed by atoms with Crippen LogP contribution in [0.5, 0.6) is 0 Å². The Labute approximate surface area is 129 Å². The molecule has 0 aliphatic rings. The molecular formula is C18H17N3O. The second-order valence-corrected chi connectivity index (χ2v) is 5.33. The fourth-order valence-corrected chi connectivity index (χ4v) is 2.37. The molecule has 3 rings (SSSR count). The van der Waals surface area contributed by atoms with Gasteiger partial charge in [-0.05, 0) is 43.2 Å². The van der Waals surface area contributed by atoms with Crippen LogP contribution in [0.1, 0.15) is 21.5 Å². The van der Waals surface area contributed by atoms with Gasteiger partial charge in [0.2, 0.25) is 0 Å². The van der Waals surface area contributed by atoms with Gasteiger partial charge in [0.25, 0.3) is 5.91 Å². The van der Waals surface area contributed by atoms with Crippen LogP contribution in [0.15, 0.2) is 54.7 Å². The topological polar surface area (TPSA) is 60.9 Å². The first-order valence-electron chi connectivity index (χ1n) is 7.09. The quantitative estimate of drug-likeness (QED) is 0.805. The van der Waals surface area contributed by atoms with Gasteiger partial charge in [-0.3, -0.25) is 4.79 Å². The molecule has 0 saturated heterocycles. The van der Waals surface area contributed by atoms with Crippen molar-refractivity contribution in [1.29, 1.82) is 0 Å². The SMILES string of the molecule is Cc1ccc(-c2nn(-c3ccccc3)cc2C(N)=O)cc1C. The van der Waals surface area contributed by atoms with Crippen LogP contribution in [0.3, 0.4) is 0 Å². The molecule has 0 aliphatic carbocycles. The lowest BCUT2D eigenvalue weighted by atomic mass is 10.0. The maximum atomic E-state index is 11.8. The number of carbonyl (C=O) groups excluding carboxylic acids is 1. The third-order valence-electron chi connectivity index (χ3n) is 3.78. The Balaban J connectivity index is 2.16. The van der Waals surface area contributed by atoms with E-state index in [0.717, 1.165) is 16.8 Å². The number of nitrogens with zero attached hydrogens (tertiary/aromatic N) is 2. The zero-order chi connectivity index (χ0) is 15.7. The number of hydrogen-bond donors (Lipinski definition) is 1. The van der Waals surface area contributed by atoms with Gasteiger partial charge in [-0.25, -0.2) is 4.68 Å². The van der Waals surface area contributed by atoms with E-state index in [9.17, 15) is 4.79 Å². The number of carbonyl (C=O) groups is 1. The monoisotopic (exact) mass is 291 g/mol. The smallest absolute Gasteiger partial charge is 0.252 e. The number of primary amides is 1. The Bertz CT molecular complexity index is 835. The predicted molar refractivity (Wildman–Crippen MR) is 87.0 cm³/mol. The first-order valence-corrected chi connectivity index (χ1v) is 7.09. The van der Waals surface area contributed by atoms with Crippen LogP contribution >= 0.6 is 0 Å². The molecule has 0 spiro atoms. The first-order chi connectivity index (χ1) is 10.6. The first kappa shape index (κ1) is 14.1. The zero-order valence-corrected chi connectivity index (χ0v) is 12.6. The van der Waals surface area contributed by atoms with Crippen LogP contribution in [0.25, 0.3) is 16.9 Å². The maximum absolute atomic E-state index is 11.8. The van der Waals surface area contributed by atoms with Crippen molar-refractivity contribution in [3.8, 4) is 16.9 Å². The lowest BCUT2D eigenvalue weighted by molar-refractivity contribution is 0.100. The summed E-state index contributed by atoms with van der Waals surface area (Å²) in [6.07, 6.45) is 1.68. The molecule has 1 heterocycles. The minimum absolute atomic E-state index is 0.423. The average Bonchev–Trinajstić information content (AvgIpc) is 2.96. The Hall–Kier alpha value is -2.88. The Kier molecular flexibility index (Phi) is 3.51. The zero-order valence-electron chi connectivity index (χ0n) is 12.6. The van der Waals surface area contributed by atoms with E-state index in [4.69, 9.17) is 5.73 Å². The van der Waals surface area contributed by atoms with E-state index in [-0.39, 0.29) is 0 Å². The fraction of sp³-hybridized carbons (Fsp3) is 0.111. The molecule has 0 radical (unpaired) electrons. The highest BCUT2D eigenvalue weighted by atomic mass is 16.1. The van der Waals surface area contributed by atoms with E-state index in [1.807, 2.05) is 55.5 Å². The fourth-order valence-electron chi connectivity index (χ4n) is 2.37. The summed E-state index contributed by atoms with van der Waals surface area (Å²) in [5.41, 5.74) is 10.7. The van der Waals surface area contributed by atoms with Crippen molar-refractivity contribution in [2.75, 3.05) is 0 Å². The van der Waals surface area contributed by atoms with Gasteiger partial charge in [-0.2, -0.15) is 5.10 Å². The molecule has 0 atom stereocenters. The maximum Gasteiger partial charge on any atom is 0.252 e. The van der Waals surface area contributed by atoms with E-state index in [0.29, 0.717) is 11.3 Å². The van der Waals surface area contributed by atoms with Crippen molar-refractivity contribution in [3.63, 3.8) is 0 Å². The molecular weight excluding hydrogens is 274 g/mol. The number of rotatable bonds is 3. The minimum Gasteiger partial charge on any atom is -0.365 e.